The molecule has 1 saturated heterocycles. The Hall–Kier alpha value is -1.40. The molecule has 1 fully saturated rings. The highest BCUT2D eigenvalue weighted by molar-refractivity contribution is 5.83. The fourth-order valence-electron chi connectivity index (χ4n) is 1.54. The van der Waals surface area contributed by atoms with E-state index in [1.807, 2.05) is 0 Å². The summed E-state index contributed by atoms with van der Waals surface area (Å²) >= 11 is 0. The predicted octanol–water partition coefficient (Wildman–Crippen LogP) is 1.20. The first-order valence-corrected chi connectivity index (χ1v) is 3.86. The third-order valence-electron chi connectivity index (χ3n) is 2.25. The molecule has 2 atom stereocenters. The van der Waals surface area contributed by atoms with Crippen LogP contribution in [0.5, 0.6) is 0 Å². The van der Waals surface area contributed by atoms with Gasteiger partial charge in [0.05, 0.1) is 0 Å². The van der Waals surface area contributed by atoms with Crippen LogP contribution >= 0.6 is 0 Å². The van der Waals surface area contributed by atoms with Crippen molar-refractivity contribution in [2.24, 2.45) is 0 Å². The van der Waals surface area contributed by atoms with Gasteiger partial charge in [-0.25, -0.2) is 23.3 Å². The average Bonchev–Trinajstić information content (AvgIpc) is 2.23. The number of carboxylic acids is 1. The highest BCUT2D eigenvalue weighted by Crippen LogP contribution is 2.43. The van der Waals surface area contributed by atoms with Gasteiger partial charge in [-0.3, -0.25) is 0 Å². The minimum absolute atomic E-state index is 0.289. The van der Waals surface area contributed by atoms with Crippen molar-refractivity contribution >= 4 is 12.1 Å². The van der Waals surface area contributed by atoms with E-state index in [9.17, 15) is 18.4 Å². The fraction of sp³-hybridized carbons (Fsp3) is 0.714. The van der Waals surface area contributed by atoms with Crippen LogP contribution in [0.3, 0.4) is 0 Å². The number of halogens is 2. The maximum Gasteiger partial charge on any atom is 0.412 e. The van der Waals surface area contributed by atoms with E-state index in [1.54, 1.807) is 0 Å². The van der Waals surface area contributed by atoms with Crippen LogP contribution in [0.2, 0.25) is 0 Å². The minimum Gasteiger partial charge on any atom is -0.477 e. The van der Waals surface area contributed by atoms with E-state index in [4.69, 9.17) is 10.2 Å². The lowest BCUT2D eigenvalue weighted by molar-refractivity contribution is -0.168. The summed E-state index contributed by atoms with van der Waals surface area (Å²) in [5.41, 5.74) is 0. The van der Waals surface area contributed by atoms with Crippen LogP contribution in [0.1, 0.15) is 19.8 Å². The Balaban J connectivity index is 3.13. The monoisotopic (exact) mass is 209 g/mol. The van der Waals surface area contributed by atoms with Crippen LogP contribution in [0.25, 0.3) is 0 Å². The van der Waals surface area contributed by atoms with Gasteiger partial charge in [-0.05, 0) is 6.92 Å². The molecule has 14 heavy (non-hydrogen) atoms. The summed E-state index contributed by atoms with van der Waals surface area (Å²) in [6, 6.07) is 0. The van der Waals surface area contributed by atoms with E-state index in [-0.39, 0.29) is 4.90 Å². The molecule has 1 aliphatic heterocycles. The molecule has 1 heterocycles. The summed E-state index contributed by atoms with van der Waals surface area (Å²) in [4.78, 5) is 20.7. The Morgan fingerprint density at radius 2 is 1.79 bits per heavy atom. The topological polar surface area (TPSA) is 77.8 Å². The zero-order chi connectivity index (χ0) is 11.1. The van der Waals surface area contributed by atoms with Gasteiger partial charge in [0.2, 0.25) is 0 Å². The molecule has 5 nitrogen and oxygen atoms in total. The molecule has 0 spiro atoms. The molecule has 0 aromatic heterocycles. The van der Waals surface area contributed by atoms with E-state index in [2.05, 4.69) is 0 Å². The Morgan fingerprint density at radius 1 is 1.29 bits per heavy atom. The van der Waals surface area contributed by atoms with Crippen molar-refractivity contribution in [2.75, 3.05) is 0 Å². The second-order valence-electron chi connectivity index (χ2n) is 3.32. The molecule has 1 aliphatic rings. The molecule has 2 N–H and O–H groups in total. The van der Waals surface area contributed by atoms with E-state index in [1.165, 1.54) is 0 Å². The largest absolute Gasteiger partial charge is 0.477 e. The number of aliphatic carboxylic acids is 1. The number of carboxylic acid groups (broad SMARTS) is 2. The fourth-order valence-corrected chi connectivity index (χ4v) is 1.54. The second-order valence-corrected chi connectivity index (χ2v) is 3.32. The molecule has 0 bridgehead atoms. The summed E-state index contributed by atoms with van der Waals surface area (Å²) < 4.78 is 27.0. The van der Waals surface area contributed by atoms with Gasteiger partial charge >= 0.3 is 12.1 Å². The van der Waals surface area contributed by atoms with Gasteiger partial charge in [-0.2, -0.15) is 0 Å². The molecular weight excluding hydrogens is 200 g/mol. The number of hydrogen-bond donors (Lipinski definition) is 2. The number of alkyl halides is 2. The van der Waals surface area contributed by atoms with Crippen LogP contribution in [-0.4, -0.2) is 38.8 Å². The van der Waals surface area contributed by atoms with Crippen LogP contribution in [-0.2, 0) is 4.79 Å². The van der Waals surface area contributed by atoms with E-state index in [0.717, 1.165) is 6.92 Å². The number of rotatable bonds is 1. The number of nitrogens with zero attached hydrogens (tertiary/aromatic N) is 1. The Morgan fingerprint density at radius 3 is 2.07 bits per heavy atom. The molecule has 0 aliphatic carbocycles. The zero-order valence-electron chi connectivity index (χ0n) is 7.33. The molecule has 7 heteroatoms. The van der Waals surface area contributed by atoms with Gasteiger partial charge in [0, 0.05) is 12.8 Å². The van der Waals surface area contributed by atoms with Crippen molar-refractivity contribution < 1.29 is 28.6 Å². The molecule has 1 amide bonds. The third-order valence-corrected chi connectivity index (χ3v) is 2.25. The Bertz CT molecular complexity index is 293. The number of carbonyl (C=O) groups is 2. The van der Waals surface area contributed by atoms with Gasteiger partial charge in [0.25, 0.3) is 5.79 Å². The maximum absolute atomic E-state index is 13.6. The summed E-state index contributed by atoms with van der Waals surface area (Å²) in [6.07, 6.45) is -3.07. The lowest BCUT2D eigenvalue weighted by Crippen LogP contribution is -2.55. The Labute approximate surface area is 77.9 Å². The first-order valence-electron chi connectivity index (χ1n) is 3.86. The molecular formula is C7H9F2NO4. The molecule has 1 rings (SSSR count). The van der Waals surface area contributed by atoms with Crippen molar-refractivity contribution in [3.05, 3.63) is 0 Å². The van der Waals surface area contributed by atoms with Gasteiger partial charge in [-0.1, -0.05) is 0 Å². The first-order chi connectivity index (χ1) is 6.22. The van der Waals surface area contributed by atoms with Crippen molar-refractivity contribution in [1.82, 2.24) is 4.90 Å². The highest BCUT2D eigenvalue weighted by atomic mass is 19.2. The quantitative estimate of drug-likeness (QED) is 0.636. The molecule has 80 valence electrons. The van der Waals surface area contributed by atoms with Gasteiger partial charge in [0.1, 0.15) is 0 Å². The van der Waals surface area contributed by atoms with E-state index < -0.39 is 36.5 Å². The highest BCUT2D eigenvalue weighted by Gasteiger charge is 2.61. The van der Waals surface area contributed by atoms with Crippen molar-refractivity contribution in [3.8, 4) is 0 Å². The molecule has 0 aromatic carbocycles. The number of likely N-dealkylation sites (tertiary alicyclic amines) is 1. The van der Waals surface area contributed by atoms with Gasteiger partial charge in [0.15, 0.2) is 5.79 Å². The lowest BCUT2D eigenvalue weighted by Gasteiger charge is -2.31. The molecule has 2 unspecified atom stereocenters. The summed E-state index contributed by atoms with van der Waals surface area (Å²) in [6.45, 7) is 0.839. The second kappa shape index (κ2) is 2.79. The van der Waals surface area contributed by atoms with Gasteiger partial charge in [-0.15, -0.1) is 0 Å². The van der Waals surface area contributed by atoms with Crippen LogP contribution < -0.4 is 0 Å². The summed E-state index contributed by atoms with van der Waals surface area (Å²) in [5.74, 6) is -7.62. The van der Waals surface area contributed by atoms with Crippen LogP contribution in [0, 0.1) is 0 Å². The molecule has 0 aromatic rings. The lowest BCUT2D eigenvalue weighted by atomic mass is 10.1. The van der Waals surface area contributed by atoms with Gasteiger partial charge < -0.3 is 10.2 Å². The van der Waals surface area contributed by atoms with Crippen LogP contribution in [0.4, 0.5) is 13.6 Å². The Kier molecular flexibility index (Phi) is 2.13. The number of amides is 1. The van der Waals surface area contributed by atoms with E-state index >= 15 is 0 Å². The predicted molar refractivity (Wildman–Crippen MR) is 40.1 cm³/mol. The van der Waals surface area contributed by atoms with Crippen LogP contribution in [0.15, 0.2) is 0 Å². The zero-order valence-corrected chi connectivity index (χ0v) is 7.33. The molecule has 0 saturated carbocycles. The minimum atomic E-state index is -3.16. The summed E-state index contributed by atoms with van der Waals surface area (Å²) in [5, 5.41) is 17.0. The molecule has 0 radical (unpaired) electrons. The summed E-state index contributed by atoms with van der Waals surface area (Å²) in [7, 11) is 0. The SMILES string of the molecule is CC1(F)CCC(F)(C(=O)O)N1C(=O)O. The van der Waals surface area contributed by atoms with E-state index in [0.29, 0.717) is 0 Å². The number of hydrogen-bond acceptors (Lipinski definition) is 2. The maximum atomic E-state index is 13.6. The van der Waals surface area contributed by atoms with Crippen molar-refractivity contribution in [3.63, 3.8) is 0 Å². The van der Waals surface area contributed by atoms with Crippen molar-refractivity contribution in [2.45, 2.75) is 31.4 Å². The first kappa shape index (κ1) is 10.7. The van der Waals surface area contributed by atoms with Crippen molar-refractivity contribution in [1.29, 1.82) is 0 Å². The average molecular weight is 209 g/mol. The normalized spacial score (nSPS) is 37.2. The smallest absolute Gasteiger partial charge is 0.412 e. The third kappa shape index (κ3) is 1.28. The standard InChI is InChI=1S/C7H9F2NO4/c1-6(8)2-3-7(9,4(11)12)10(6)5(13)14/h2-3H2,1H3,(H,11,12)(H,13,14).